The summed E-state index contributed by atoms with van der Waals surface area (Å²) in [6.45, 7) is 2.08. The van der Waals surface area contributed by atoms with Crippen LogP contribution in [0.2, 0.25) is 0 Å². The van der Waals surface area contributed by atoms with E-state index >= 15 is 0 Å². The van der Waals surface area contributed by atoms with Gasteiger partial charge in [-0.2, -0.15) is 9.90 Å². The Balaban J connectivity index is 0.000000640. The normalized spacial score (nSPS) is 8.33. The van der Waals surface area contributed by atoms with Crippen molar-refractivity contribution in [3.8, 4) is 0 Å². The van der Waals surface area contributed by atoms with Crippen LogP contribution in [0.25, 0.3) is 0 Å². The predicted molar refractivity (Wildman–Crippen MR) is 41.9 cm³/mol. The van der Waals surface area contributed by atoms with Crippen molar-refractivity contribution in [2.45, 2.75) is 6.92 Å². The van der Waals surface area contributed by atoms with E-state index < -0.39 is 0 Å². The summed E-state index contributed by atoms with van der Waals surface area (Å²) in [5.74, 6) is 0. The topological polar surface area (TPSA) is 0 Å². The van der Waals surface area contributed by atoms with Crippen LogP contribution in [0, 0.1) is 6.92 Å². The van der Waals surface area contributed by atoms with Gasteiger partial charge in [-0.15, -0.1) is 0 Å². The molecule has 0 N–H and O–H groups in total. The van der Waals surface area contributed by atoms with Gasteiger partial charge in [-0.25, -0.2) is 0 Å². The van der Waals surface area contributed by atoms with Crippen LogP contribution in [0.1, 0.15) is 5.56 Å². The van der Waals surface area contributed by atoms with Crippen LogP contribution in [-0.2, 0) is 19.2 Å². The van der Waals surface area contributed by atoms with Gasteiger partial charge in [0, 0.05) is 0 Å². The van der Waals surface area contributed by atoms with Crippen molar-refractivity contribution < 1.29 is 19.2 Å². The van der Waals surface area contributed by atoms with Gasteiger partial charge in [0.2, 0.25) is 0 Å². The van der Waals surface area contributed by atoms with Crippen molar-refractivity contribution in [2.24, 2.45) is 0 Å². The zero-order chi connectivity index (χ0) is 5.98. The van der Waals surface area contributed by atoms with Gasteiger partial charge in [-0.1, -0.05) is 0 Å². The molecule has 0 heterocycles. The van der Waals surface area contributed by atoms with Crippen molar-refractivity contribution in [2.75, 3.05) is 0 Å². The molecule has 0 radical (unpaired) electrons. The minimum atomic E-state index is 0. The summed E-state index contributed by atoms with van der Waals surface area (Å²) in [5, 5.41) is 0. The molecule has 0 aliphatic rings. The van der Waals surface area contributed by atoms with E-state index in [1.165, 1.54) is 9.60 Å². The zero-order valence-corrected chi connectivity index (χ0v) is 8.30. The molecule has 0 saturated carbocycles. The third kappa shape index (κ3) is 2.59. The summed E-state index contributed by atoms with van der Waals surface area (Å²) < 4.78 is 1.22. The Morgan fingerprint density at radius 2 is 1.78 bits per heavy atom. The SMILES string of the molecule is Cc1cccc[c]1[Pd].P. The first-order valence-corrected chi connectivity index (χ1v) is 3.26. The van der Waals surface area contributed by atoms with E-state index in [9.17, 15) is 0 Å². The summed E-state index contributed by atoms with van der Waals surface area (Å²) in [4.78, 5) is 0. The van der Waals surface area contributed by atoms with E-state index in [0.29, 0.717) is 0 Å². The molecule has 0 bridgehead atoms. The maximum atomic E-state index is 3.14. The Hall–Kier alpha value is 0.312. The largest absolute Gasteiger partial charge is 0.153 e. The first kappa shape index (κ1) is 9.31. The average molecular weight is 232 g/mol. The average Bonchev–Trinajstić information content (AvgIpc) is 1.77. The molecule has 0 fully saturated rings. The van der Waals surface area contributed by atoms with Gasteiger partial charge >= 0.3 is 60.0 Å². The number of rotatable bonds is 0. The third-order valence-electron chi connectivity index (χ3n) is 1.04. The van der Waals surface area contributed by atoms with Gasteiger partial charge in [-0.05, 0) is 0 Å². The molecule has 9 heavy (non-hydrogen) atoms. The zero-order valence-electron chi connectivity index (χ0n) is 5.33. The fourth-order valence-corrected chi connectivity index (χ4v) is 0.819. The Bertz CT molecular complexity index is 165. The van der Waals surface area contributed by atoms with Crippen LogP contribution in [0.15, 0.2) is 24.3 Å². The summed E-state index contributed by atoms with van der Waals surface area (Å²) in [6.07, 6.45) is 0. The molecule has 1 atom stereocenters. The molecular formula is C7H10PPd. The third-order valence-corrected chi connectivity index (χ3v) is 1.91. The van der Waals surface area contributed by atoms with Gasteiger partial charge in [0.25, 0.3) is 0 Å². The van der Waals surface area contributed by atoms with Crippen molar-refractivity contribution in [3.05, 3.63) is 29.8 Å². The Morgan fingerprint density at radius 1 is 1.22 bits per heavy atom. The van der Waals surface area contributed by atoms with Crippen LogP contribution in [0.3, 0.4) is 0 Å². The minimum Gasteiger partial charge on any atom is -0.153 e. The first-order valence-electron chi connectivity index (χ1n) is 2.49. The van der Waals surface area contributed by atoms with Gasteiger partial charge in [-0.3, -0.25) is 0 Å². The summed E-state index contributed by atoms with van der Waals surface area (Å²) >= 11 is 3.14. The molecule has 0 amide bonds. The fraction of sp³-hybridized carbons (Fsp3) is 0.143. The molecule has 1 aromatic rings. The Morgan fingerprint density at radius 3 is 2.11 bits per heavy atom. The number of hydrogen-bond donors (Lipinski definition) is 0. The molecular weight excluding hydrogens is 221 g/mol. The number of aryl methyl sites for hydroxylation is 1. The van der Waals surface area contributed by atoms with Crippen molar-refractivity contribution >= 4 is 13.9 Å². The molecule has 1 aromatic carbocycles. The number of hydrogen-bond acceptors (Lipinski definition) is 0. The van der Waals surface area contributed by atoms with Crippen molar-refractivity contribution in [1.82, 2.24) is 0 Å². The smallest absolute Gasteiger partial charge is 0.153 e. The summed E-state index contributed by atoms with van der Waals surface area (Å²) in [6, 6.07) is 8.19. The van der Waals surface area contributed by atoms with Crippen LogP contribution in [0.4, 0.5) is 0 Å². The molecule has 0 nitrogen and oxygen atoms in total. The second-order valence-corrected chi connectivity index (χ2v) is 2.55. The second-order valence-electron chi connectivity index (χ2n) is 1.72. The molecule has 0 aromatic heterocycles. The van der Waals surface area contributed by atoms with Crippen LogP contribution < -0.4 is 4.04 Å². The van der Waals surface area contributed by atoms with Crippen molar-refractivity contribution in [1.29, 1.82) is 0 Å². The van der Waals surface area contributed by atoms with Crippen LogP contribution in [0.5, 0.6) is 0 Å². The molecule has 0 spiro atoms. The fourth-order valence-electron chi connectivity index (χ4n) is 0.540. The van der Waals surface area contributed by atoms with Gasteiger partial charge < -0.3 is 0 Å². The molecule has 0 aliphatic carbocycles. The van der Waals surface area contributed by atoms with E-state index in [1.807, 2.05) is 12.1 Å². The maximum absolute atomic E-state index is 3.14. The van der Waals surface area contributed by atoms with E-state index in [4.69, 9.17) is 0 Å². The van der Waals surface area contributed by atoms with E-state index in [0.717, 1.165) is 0 Å². The molecule has 2 heteroatoms. The Kier molecular flexibility index (Phi) is 4.32. The van der Waals surface area contributed by atoms with E-state index in [2.05, 4.69) is 38.3 Å². The van der Waals surface area contributed by atoms with Gasteiger partial charge in [0.1, 0.15) is 0 Å². The molecule has 0 aliphatic heterocycles. The molecule has 1 rings (SSSR count). The van der Waals surface area contributed by atoms with Crippen LogP contribution >= 0.6 is 9.90 Å². The first-order chi connectivity index (χ1) is 3.80. The quantitative estimate of drug-likeness (QED) is 0.465. The second kappa shape index (κ2) is 4.18. The van der Waals surface area contributed by atoms with Gasteiger partial charge in [0.15, 0.2) is 0 Å². The molecule has 0 saturated heterocycles. The number of benzene rings is 1. The molecule has 1 unspecified atom stereocenters. The standard InChI is InChI=1S/C7H7.H3P.Pd/c1-7-5-3-2-4-6-7;;/h2-5H,1H3;1H3;. The van der Waals surface area contributed by atoms with Crippen molar-refractivity contribution in [3.63, 3.8) is 0 Å². The van der Waals surface area contributed by atoms with Gasteiger partial charge in [0.05, 0.1) is 0 Å². The summed E-state index contributed by atoms with van der Waals surface area (Å²) in [5.41, 5.74) is 1.30. The summed E-state index contributed by atoms with van der Waals surface area (Å²) in [7, 11) is 0. The molecule has 53 valence electrons. The van der Waals surface area contributed by atoms with E-state index in [1.54, 1.807) is 0 Å². The maximum Gasteiger partial charge on any atom is -0.153 e. The van der Waals surface area contributed by atoms with E-state index in [-0.39, 0.29) is 9.90 Å². The monoisotopic (exact) mass is 231 g/mol. The minimum absolute atomic E-state index is 0. The predicted octanol–water partition coefficient (Wildman–Crippen LogP) is 1.23. The Labute approximate surface area is 70.1 Å². The van der Waals surface area contributed by atoms with Crippen LogP contribution in [-0.4, -0.2) is 0 Å².